The Labute approximate surface area is 155 Å². The van der Waals surface area contributed by atoms with E-state index < -0.39 is 0 Å². The molecule has 0 saturated heterocycles. The molecule has 0 amide bonds. The lowest BCUT2D eigenvalue weighted by Crippen LogP contribution is -2.02. The smallest absolute Gasteiger partial charge is 0.231 e. The van der Waals surface area contributed by atoms with Crippen molar-refractivity contribution in [3.8, 4) is 51.1 Å². The molecule has 0 atom stereocenters. The minimum Gasteiger partial charge on any atom is -0.493 e. The van der Waals surface area contributed by atoms with Gasteiger partial charge in [0.25, 0.3) is 0 Å². The van der Waals surface area contributed by atoms with Gasteiger partial charge in [-0.3, -0.25) is 0 Å². The Morgan fingerprint density at radius 1 is 0.926 bits per heavy atom. The average molecular weight is 367 g/mol. The summed E-state index contributed by atoms with van der Waals surface area (Å²) in [5.41, 5.74) is 4.63. The van der Waals surface area contributed by atoms with E-state index in [-0.39, 0.29) is 6.79 Å². The summed E-state index contributed by atoms with van der Waals surface area (Å²) in [6, 6.07) is 5.88. The molecule has 2 aliphatic heterocycles. The number of benzene rings is 2. The number of hydrogen-bond donors (Lipinski definition) is 0. The van der Waals surface area contributed by atoms with Crippen LogP contribution in [0.15, 0.2) is 24.4 Å². The van der Waals surface area contributed by atoms with Crippen LogP contribution < -0.4 is 23.7 Å². The first-order valence-electron chi connectivity index (χ1n) is 8.40. The molecule has 2 aromatic carbocycles. The molecule has 138 valence electrons. The molecule has 0 bridgehead atoms. The largest absolute Gasteiger partial charge is 0.493 e. The lowest BCUT2D eigenvalue weighted by molar-refractivity contribution is 0.174. The normalized spacial score (nSPS) is 13.3. The van der Waals surface area contributed by atoms with Gasteiger partial charge in [0.15, 0.2) is 23.0 Å². The fourth-order valence-electron chi connectivity index (χ4n) is 3.72. The average Bonchev–Trinajstić information content (AvgIpc) is 3.32. The van der Waals surface area contributed by atoms with Gasteiger partial charge in [-0.2, -0.15) is 0 Å². The van der Waals surface area contributed by atoms with Crippen molar-refractivity contribution >= 4 is 0 Å². The minimum atomic E-state index is 0.211. The van der Waals surface area contributed by atoms with E-state index in [2.05, 4.69) is 10.3 Å². The minimum absolute atomic E-state index is 0.211. The molecule has 0 saturated carbocycles. The first-order valence-corrected chi connectivity index (χ1v) is 8.40. The van der Waals surface area contributed by atoms with Crippen molar-refractivity contribution in [3.63, 3.8) is 0 Å². The van der Waals surface area contributed by atoms with Gasteiger partial charge >= 0.3 is 0 Å². The van der Waals surface area contributed by atoms with Gasteiger partial charge in [-0.15, -0.1) is 5.10 Å². The zero-order valence-electron chi connectivity index (χ0n) is 15.1. The van der Waals surface area contributed by atoms with Crippen molar-refractivity contribution in [2.75, 3.05) is 28.1 Å². The van der Waals surface area contributed by atoms with Gasteiger partial charge in [-0.25, -0.2) is 4.68 Å². The van der Waals surface area contributed by atoms with E-state index in [1.165, 1.54) is 0 Å². The number of hydrogen-bond acceptors (Lipinski definition) is 7. The molecule has 3 heterocycles. The van der Waals surface area contributed by atoms with Crippen LogP contribution in [0, 0.1) is 0 Å². The monoisotopic (exact) mass is 367 g/mol. The number of methoxy groups -OCH3 is 3. The van der Waals surface area contributed by atoms with E-state index in [4.69, 9.17) is 23.7 Å². The summed E-state index contributed by atoms with van der Waals surface area (Å²) < 4.78 is 29.9. The van der Waals surface area contributed by atoms with Crippen molar-refractivity contribution < 1.29 is 23.7 Å². The maximum Gasteiger partial charge on any atom is 0.231 e. The summed E-state index contributed by atoms with van der Waals surface area (Å²) in [5, 5.41) is 8.33. The molecule has 0 fully saturated rings. The van der Waals surface area contributed by atoms with E-state index in [1.54, 1.807) is 27.5 Å². The van der Waals surface area contributed by atoms with Gasteiger partial charge in [-0.05, 0) is 29.3 Å². The second-order valence-corrected chi connectivity index (χ2v) is 6.21. The van der Waals surface area contributed by atoms with E-state index in [1.807, 2.05) is 22.9 Å². The molecule has 8 nitrogen and oxygen atoms in total. The Morgan fingerprint density at radius 2 is 1.70 bits per heavy atom. The summed E-state index contributed by atoms with van der Waals surface area (Å²) in [4.78, 5) is 0. The van der Waals surface area contributed by atoms with Gasteiger partial charge in [0, 0.05) is 11.1 Å². The summed E-state index contributed by atoms with van der Waals surface area (Å²) in [5.74, 6) is 3.11. The third-order valence-corrected chi connectivity index (χ3v) is 4.91. The molecular formula is C19H17N3O5. The molecule has 0 radical (unpaired) electrons. The van der Waals surface area contributed by atoms with Crippen molar-refractivity contribution in [2.24, 2.45) is 0 Å². The number of rotatable bonds is 3. The quantitative estimate of drug-likeness (QED) is 0.551. The molecule has 8 heteroatoms. The number of aromatic nitrogens is 3. The lowest BCUT2D eigenvalue weighted by atomic mass is 9.93. The third-order valence-electron chi connectivity index (χ3n) is 4.91. The second kappa shape index (κ2) is 5.80. The van der Waals surface area contributed by atoms with Crippen LogP contribution in [0.1, 0.15) is 5.56 Å². The molecular weight excluding hydrogens is 350 g/mol. The molecule has 5 rings (SSSR count). The summed E-state index contributed by atoms with van der Waals surface area (Å²) in [6.07, 6.45) is 1.73. The molecule has 3 aromatic rings. The predicted molar refractivity (Wildman–Crippen MR) is 95.8 cm³/mol. The lowest BCUT2D eigenvalue weighted by Gasteiger charge is -2.19. The molecule has 0 unspecified atom stereocenters. The van der Waals surface area contributed by atoms with Crippen LogP contribution in [0.5, 0.6) is 28.7 Å². The zero-order chi connectivity index (χ0) is 18.5. The Kier molecular flexibility index (Phi) is 3.40. The van der Waals surface area contributed by atoms with E-state index >= 15 is 0 Å². The fourth-order valence-corrected chi connectivity index (χ4v) is 3.72. The predicted octanol–water partition coefficient (Wildman–Crippen LogP) is 2.73. The Bertz CT molecular complexity index is 1060. The van der Waals surface area contributed by atoms with Crippen LogP contribution in [0.4, 0.5) is 0 Å². The van der Waals surface area contributed by atoms with Crippen molar-refractivity contribution in [1.82, 2.24) is 15.0 Å². The van der Waals surface area contributed by atoms with Crippen LogP contribution in [0.25, 0.3) is 22.4 Å². The van der Waals surface area contributed by atoms with Crippen molar-refractivity contribution in [1.29, 1.82) is 0 Å². The summed E-state index contributed by atoms with van der Waals surface area (Å²) >= 11 is 0. The van der Waals surface area contributed by atoms with Crippen LogP contribution in [0.3, 0.4) is 0 Å². The molecule has 0 aliphatic carbocycles. The Balaban J connectivity index is 1.91. The SMILES string of the molecule is COc1cc2c(c(OC)c1OC)-c1cc3c(cc1Cn1nncc1-2)OCO3. The van der Waals surface area contributed by atoms with Crippen LogP contribution >= 0.6 is 0 Å². The van der Waals surface area contributed by atoms with E-state index in [9.17, 15) is 0 Å². The van der Waals surface area contributed by atoms with Crippen LogP contribution in [0.2, 0.25) is 0 Å². The van der Waals surface area contributed by atoms with Gasteiger partial charge in [-0.1, -0.05) is 5.21 Å². The summed E-state index contributed by atoms with van der Waals surface area (Å²) in [6.45, 7) is 0.756. The number of nitrogens with zero attached hydrogens (tertiary/aromatic N) is 3. The second-order valence-electron chi connectivity index (χ2n) is 6.21. The topological polar surface area (TPSA) is 76.9 Å². The maximum absolute atomic E-state index is 5.77. The van der Waals surface area contributed by atoms with Crippen molar-refractivity contribution in [2.45, 2.75) is 6.54 Å². The fraction of sp³-hybridized carbons (Fsp3) is 0.263. The molecule has 0 N–H and O–H groups in total. The highest BCUT2D eigenvalue weighted by Gasteiger charge is 2.30. The highest BCUT2D eigenvalue weighted by atomic mass is 16.7. The van der Waals surface area contributed by atoms with Gasteiger partial charge in [0.05, 0.1) is 39.8 Å². The van der Waals surface area contributed by atoms with Gasteiger partial charge in [0.2, 0.25) is 12.5 Å². The number of fused-ring (bicyclic) bond motifs is 6. The Morgan fingerprint density at radius 3 is 2.44 bits per heavy atom. The van der Waals surface area contributed by atoms with Crippen molar-refractivity contribution in [3.05, 3.63) is 30.0 Å². The zero-order valence-corrected chi connectivity index (χ0v) is 15.1. The standard InChI is InChI=1S/C19H17N3O5/c1-23-16-6-12-13-7-20-21-22(13)8-10-4-14-15(27-9-26-14)5-11(10)17(12)19(25-3)18(16)24-2/h4-7H,8-9H2,1-3H3. The first-order chi connectivity index (χ1) is 13.2. The highest BCUT2D eigenvalue weighted by Crippen LogP contribution is 2.53. The third kappa shape index (κ3) is 2.16. The molecule has 0 spiro atoms. The first kappa shape index (κ1) is 15.8. The van der Waals surface area contributed by atoms with E-state index in [0.717, 1.165) is 33.7 Å². The number of ether oxygens (including phenoxy) is 5. The maximum atomic E-state index is 5.77. The molecule has 27 heavy (non-hydrogen) atoms. The molecule has 2 aliphatic rings. The molecule has 1 aromatic heterocycles. The van der Waals surface area contributed by atoms with Gasteiger partial charge < -0.3 is 23.7 Å². The van der Waals surface area contributed by atoms with Gasteiger partial charge in [0.1, 0.15) is 0 Å². The highest BCUT2D eigenvalue weighted by molar-refractivity contribution is 5.93. The Hall–Kier alpha value is -3.42. The summed E-state index contributed by atoms with van der Waals surface area (Å²) in [7, 11) is 4.81. The van der Waals surface area contributed by atoms with Crippen LogP contribution in [-0.2, 0) is 6.54 Å². The van der Waals surface area contributed by atoms with E-state index in [0.29, 0.717) is 29.5 Å². The van der Waals surface area contributed by atoms with Crippen LogP contribution in [-0.4, -0.2) is 43.1 Å².